The lowest BCUT2D eigenvalue weighted by atomic mass is 10.0. The maximum atomic E-state index is 13.2. The van der Waals surface area contributed by atoms with Crippen molar-refractivity contribution in [2.45, 2.75) is 19.9 Å². The molecular weight excluding hydrogens is 404 g/mol. The number of hydrogen-bond donors (Lipinski definition) is 1. The molecule has 0 bridgehead atoms. The van der Waals surface area contributed by atoms with Crippen molar-refractivity contribution in [3.63, 3.8) is 0 Å². The number of carbonyl (C=O) groups is 1. The lowest BCUT2D eigenvalue weighted by Gasteiger charge is -2.35. The Morgan fingerprint density at radius 2 is 2.19 bits per heavy atom. The first-order valence-corrected chi connectivity index (χ1v) is 9.69. The van der Waals surface area contributed by atoms with Crippen LogP contribution < -0.4 is 4.74 Å². The predicted octanol–water partition coefficient (Wildman–Crippen LogP) is 2.34. The average Bonchev–Trinajstić information content (AvgIpc) is 3.38. The molecule has 1 aliphatic rings. The normalized spacial score (nSPS) is 16.4. The van der Waals surface area contributed by atoms with E-state index in [1.807, 2.05) is 38.1 Å². The molecule has 0 radical (unpaired) electrons. The predicted molar refractivity (Wildman–Crippen MR) is 109 cm³/mol. The van der Waals surface area contributed by atoms with Crippen molar-refractivity contribution in [3.8, 4) is 11.4 Å². The lowest BCUT2D eigenvalue weighted by Crippen LogP contribution is -2.43. The number of aromatic amines is 1. The number of nitrogens with zero attached hydrogens (tertiary/aromatic N) is 5. The van der Waals surface area contributed by atoms with E-state index in [0.717, 1.165) is 22.6 Å². The summed E-state index contributed by atoms with van der Waals surface area (Å²) in [4.78, 5) is 25.4. The van der Waals surface area contributed by atoms with Crippen LogP contribution >= 0.6 is 0 Å². The number of nitrogens with one attached hydrogen (secondary N) is 1. The van der Waals surface area contributed by atoms with Crippen LogP contribution in [0, 0.1) is 24.0 Å². The van der Waals surface area contributed by atoms with Crippen molar-refractivity contribution in [1.29, 1.82) is 0 Å². The van der Waals surface area contributed by atoms with Gasteiger partial charge in [-0.3, -0.25) is 4.79 Å². The quantitative estimate of drug-likeness (QED) is 0.490. The van der Waals surface area contributed by atoms with Crippen LogP contribution in [0.5, 0.6) is 5.75 Å². The van der Waals surface area contributed by atoms with E-state index in [9.17, 15) is 14.9 Å². The highest BCUT2D eigenvalue weighted by Crippen LogP contribution is 2.33. The number of aromatic nitrogens is 4. The summed E-state index contributed by atoms with van der Waals surface area (Å²) >= 11 is 0. The number of aryl methyl sites for hydroxylation is 1. The smallest absolute Gasteiger partial charge is 0.355 e. The molecule has 3 aromatic rings. The van der Waals surface area contributed by atoms with Crippen LogP contribution in [0.25, 0.3) is 5.69 Å². The Morgan fingerprint density at radius 3 is 2.94 bits per heavy atom. The first-order chi connectivity index (χ1) is 14.9. The zero-order chi connectivity index (χ0) is 22.1. The van der Waals surface area contributed by atoms with E-state index in [-0.39, 0.29) is 12.2 Å². The third-order valence-corrected chi connectivity index (χ3v) is 5.40. The number of amides is 1. The molecule has 1 amide bonds. The van der Waals surface area contributed by atoms with Crippen molar-refractivity contribution < 1.29 is 19.2 Å². The van der Waals surface area contributed by atoms with E-state index in [2.05, 4.69) is 15.3 Å². The fourth-order valence-corrected chi connectivity index (χ4v) is 3.95. The van der Waals surface area contributed by atoms with E-state index in [1.165, 1.54) is 6.20 Å². The number of nitro groups is 1. The van der Waals surface area contributed by atoms with Gasteiger partial charge in [-0.2, -0.15) is 5.10 Å². The number of carbonyl (C=O) groups excluding carboxylic acids is 1. The third-order valence-electron chi connectivity index (χ3n) is 5.40. The molecular formula is C20H22N6O5. The van der Waals surface area contributed by atoms with Crippen LogP contribution in [0.2, 0.25) is 0 Å². The first kappa shape index (κ1) is 20.5. The molecule has 0 aliphatic carbocycles. The maximum absolute atomic E-state index is 13.2. The summed E-state index contributed by atoms with van der Waals surface area (Å²) in [5, 5.41) is 21.9. The first-order valence-electron chi connectivity index (χ1n) is 9.69. The molecule has 31 heavy (non-hydrogen) atoms. The molecule has 162 valence electrons. The largest absolute Gasteiger partial charge is 0.497 e. The number of ether oxygens (including phenoxy) is 2. The third kappa shape index (κ3) is 3.63. The van der Waals surface area contributed by atoms with Gasteiger partial charge in [-0.15, -0.1) is 5.10 Å². The Hall–Kier alpha value is -3.73. The molecule has 2 aromatic heterocycles. The van der Waals surface area contributed by atoms with Gasteiger partial charge < -0.3 is 24.5 Å². The lowest BCUT2D eigenvalue weighted by molar-refractivity contribution is -0.389. The highest BCUT2D eigenvalue weighted by atomic mass is 16.6. The molecule has 1 fully saturated rings. The van der Waals surface area contributed by atoms with Gasteiger partial charge >= 0.3 is 5.82 Å². The highest BCUT2D eigenvalue weighted by Gasteiger charge is 2.36. The standard InChI is InChI=1S/C20H22N6O5/c1-12-18(13(2)25(23-12)14-5-4-6-15(9-14)30-3)17-11-31-8-7-24(17)20(27)16-10-21-22-19(16)26(28)29/h4-6,9-10,17H,7-8,11H2,1-3H3,(H,21,22). The number of rotatable bonds is 5. The molecule has 0 spiro atoms. The number of H-pyrrole nitrogens is 1. The van der Waals surface area contributed by atoms with E-state index in [4.69, 9.17) is 9.47 Å². The Morgan fingerprint density at radius 1 is 1.39 bits per heavy atom. The molecule has 1 aromatic carbocycles. The van der Waals surface area contributed by atoms with E-state index < -0.39 is 22.7 Å². The maximum Gasteiger partial charge on any atom is 0.355 e. The van der Waals surface area contributed by atoms with Gasteiger partial charge in [0.05, 0.1) is 43.9 Å². The summed E-state index contributed by atoms with van der Waals surface area (Å²) in [6, 6.07) is 7.08. The summed E-state index contributed by atoms with van der Waals surface area (Å²) in [5.41, 5.74) is 3.19. The fraction of sp³-hybridized carbons (Fsp3) is 0.350. The molecule has 1 aliphatic heterocycles. The minimum atomic E-state index is -0.646. The number of methoxy groups -OCH3 is 1. The highest BCUT2D eigenvalue weighted by molar-refractivity contribution is 5.97. The van der Waals surface area contributed by atoms with Crippen LogP contribution in [-0.4, -0.2) is 62.6 Å². The molecule has 4 rings (SSSR count). The molecule has 3 heterocycles. The summed E-state index contributed by atoms with van der Waals surface area (Å²) in [5.74, 6) is -0.186. The second-order valence-electron chi connectivity index (χ2n) is 7.18. The van der Waals surface area contributed by atoms with Gasteiger partial charge in [-0.25, -0.2) is 4.68 Å². The fourth-order valence-electron chi connectivity index (χ4n) is 3.95. The van der Waals surface area contributed by atoms with Crippen molar-refractivity contribution >= 4 is 11.7 Å². The van der Waals surface area contributed by atoms with Crippen LogP contribution in [0.4, 0.5) is 5.82 Å². The van der Waals surface area contributed by atoms with Gasteiger partial charge in [0.25, 0.3) is 5.91 Å². The zero-order valence-electron chi connectivity index (χ0n) is 17.4. The summed E-state index contributed by atoms with van der Waals surface area (Å²) < 4.78 is 12.8. The molecule has 1 unspecified atom stereocenters. The van der Waals surface area contributed by atoms with Gasteiger partial charge in [-0.05, 0) is 30.9 Å². The van der Waals surface area contributed by atoms with Crippen LogP contribution in [0.1, 0.15) is 33.4 Å². The molecule has 11 heteroatoms. The van der Waals surface area contributed by atoms with Gasteiger partial charge in [0.1, 0.15) is 5.75 Å². The van der Waals surface area contributed by atoms with E-state index >= 15 is 0 Å². The van der Waals surface area contributed by atoms with Crippen LogP contribution in [0.3, 0.4) is 0 Å². The molecule has 1 saturated heterocycles. The number of morpholine rings is 1. The van der Waals surface area contributed by atoms with Crippen molar-refractivity contribution in [3.05, 3.63) is 63.1 Å². The van der Waals surface area contributed by atoms with Gasteiger partial charge in [-0.1, -0.05) is 11.2 Å². The Kier molecular flexibility index (Phi) is 5.42. The van der Waals surface area contributed by atoms with Crippen LogP contribution in [0.15, 0.2) is 30.5 Å². The Labute approximate surface area is 177 Å². The van der Waals surface area contributed by atoms with Crippen LogP contribution in [-0.2, 0) is 4.74 Å². The van der Waals surface area contributed by atoms with E-state index in [1.54, 1.807) is 16.7 Å². The summed E-state index contributed by atoms with van der Waals surface area (Å²) in [6.45, 7) is 4.71. The minimum Gasteiger partial charge on any atom is -0.497 e. The second kappa shape index (κ2) is 8.19. The van der Waals surface area contributed by atoms with Crippen molar-refractivity contribution in [2.24, 2.45) is 0 Å². The Bertz CT molecular complexity index is 1140. The van der Waals surface area contributed by atoms with Crippen molar-refractivity contribution in [1.82, 2.24) is 24.9 Å². The monoisotopic (exact) mass is 426 g/mol. The molecule has 11 nitrogen and oxygen atoms in total. The van der Waals surface area contributed by atoms with Gasteiger partial charge in [0, 0.05) is 23.9 Å². The molecule has 0 saturated carbocycles. The van der Waals surface area contributed by atoms with Crippen molar-refractivity contribution in [2.75, 3.05) is 26.9 Å². The summed E-state index contributed by atoms with van der Waals surface area (Å²) in [7, 11) is 1.60. The number of benzene rings is 1. The minimum absolute atomic E-state index is 0.0765. The van der Waals surface area contributed by atoms with E-state index in [0.29, 0.717) is 18.9 Å². The summed E-state index contributed by atoms with van der Waals surface area (Å²) in [6.07, 6.45) is 1.19. The zero-order valence-corrected chi connectivity index (χ0v) is 17.4. The van der Waals surface area contributed by atoms with Gasteiger partial charge in [0.15, 0.2) is 5.56 Å². The number of hydrogen-bond acceptors (Lipinski definition) is 7. The second-order valence-corrected chi connectivity index (χ2v) is 7.18. The Balaban J connectivity index is 1.73. The molecule has 1 N–H and O–H groups in total. The van der Waals surface area contributed by atoms with Gasteiger partial charge in [0.2, 0.25) is 0 Å². The topological polar surface area (TPSA) is 128 Å². The molecule has 1 atom stereocenters. The SMILES string of the molecule is COc1cccc(-n2nc(C)c(C3COCCN3C(=O)c3cn[nH]c3[N+](=O)[O-])c2C)c1. The average molecular weight is 426 g/mol.